The molecule has 1 aliphatic heterocycles. The zero-order chi connectivity index (χ0) is 21.6. The van der Waals surface area contributed by atoms with Crippen molar-refractivity contribution in [3.05, 3.63) is 29.8 Å². The lowest BCUT2D eigenvalue weighted by Gasteiger charge is -2.28. The predicted molar refractivity (Wildman–Crippen MR) is 107 cm³/mol. The van der Waals surface area contributed by atoms with E-state index in [1.54, 1.807) is 38.1 Å². The molecule has 0 aromatic heterocycles. The first-order valence-electron chi connectivity index (χ1n) is 10.5. The third kappa shape index (κ3) is 3.30. The predicted octanol–water partition coefficient (Wildman–Crippen LogP) is 2.48. The van der Waals surface area contributed by atoms with E-state index in [2.05, 4.69) is 0 Å². The van der Waals surface area contributed by atoms with Crippen LogP contribution in [0.25, 0.3) is 0 Å². The molecule has 0 spiro atoms. The average molecular weight is 413 g/mol. The molecule has 7 heteroatoms. The van der Waals surface area contributed by atoms with Gasteiger partial charge in [-0.05, 0) is 61.3 Å². The number of carbonyl (C=O) groups excluding carboxylic acids is 4. The summed E-state index contributed by atoms with van der Waals surface area (Å²) in [5, 5.41) is 0. The summed E-state index contributed by atoms with van der Waals surface area (Å²) < 4.78 is 10.3. The molecule has 160 valence electrons. The molecule has 3 aliphatic rings. The van der Waals surface area contributed by atoms with Crippen LogP contribution in [0.1, 0.15) is 43.5 Å². The number of benzene rings is 1. The van der Waals surface area contributed by atoms with E-state index >= 15 is 0 Å². The molecule has 30 heavy (non-hydrogen) atoms. The molecule has 0 unspecified atom stereocenters. The molecule has 3 fully saturated rings. The van der Waals surface area contributed by atoms with Gasteiger partial charge in [-0.15, -0.1) is 0 Å². The maximum Gasteiger partial charge on any atom is 0.330 e. The van der Waals surface area contributed by atoms with Crippen molar-refractivity contribution in [2.45, 2.75) is 39.2 Å². The number of ketones is 1. The second kappa shape index (κ2) is 7.85. The highest BCUT2D eigenvalue weighted by atomic mass is 16.5. The number of rotatable bonds is 7. The van der Waals surface area contributed by atoms with Crippen LogP contribution in [0.4, 0.5) is 0 Å². The maximum absolute atomic E-state index is 13.1. The Labute approximate surface area is 175 Å². The summed E-state index contributed by atoms with van der Waals surface area (Å²) in [6.07, 6.45) is 2.89. The number of imide groups is 1. The Balaban J connectivity index is 1.45. The van der Waals surface area contributed by atoms with E-state index in [1.807, 2.05) is 0 Å². The van der Waals surface area contributed by atoms with Gasteiger partial charge in [0, 0.05) is 5.56 Å². The zero-order valence-electron chi connectivity index (χ0n) is 17.5. The first-order chi connectivity index (χ1) is 14.3. The van der Waals surface area contributed by atoms with E-state index in [-0.39, 0.29) is 47.2 Å². The summed E-state index contributed by atoms with van der Waals surface area (Å²) in [4.78, 5) is 52.5. The van der Waals surface area contributed by atoms with Gasteiger partial charge in [-0.25, -0.2) is 4.79 Å². The van der Waals surface area contributed by atoms with Crippen LogP contribution in [0, 0.1) is 29.6 Å². The fourth-order valence-electron chi connectivity index (χ4n) is 5.46. The number of fused-ring (bicyclic) bond motifs is 5. The number of hydrogen-bond donors (Lipinski definition) is 0. The fourth-order valence-corrected chi connectivity index (χ4v) is 5.46. The molecule has 1 aromatic rings. The van der Waals surface area contributed by atoms with Crippen LogP contribution in [0.3, 0.4) is 0 Å². The second-order valence-electron chi connectivity index (χ2n) is 8.88. The van der Waals surface area contributed by atoms with Gasteiger partial charge in [0.2, 0.25) is 11.8 Å². The van der Waals surface area contributed by atoms with Crippen LogP contribution in [-0.4, -0.2) is 48.2 Å². The summed E-state index contributed by atoms with van der Waals surface area (Å²) in [6, 6.07) is 5.50. The first kappa shape index (κ1) is 20.6. The van der Waals surface area contributed by atoms with Gasteiger partial charge in [0.15, 0.2) is 12.4 Å². The molecule has 2 aliphatic carbocycles. The molecule has 1 heterocycles. The lowest BCUT2D eigenvalue weighted by atomic mass is 9.81. The highest BCUT2D eigenvalue weighted by Gasteiger charge is 2.62. The van der Waals surface area contributed by atoms with E-state index in [9.17, 15) is 19.2 Å². The van der Waals surface area contributed by atoms with Crippen LogP contribution in [0.2, 0.25) is 0 Å². The Morgan fingerprint density at radius 2 is 1.60 bits per heavy atom. The smallest absolute Gasteiger partial charge is 0.330 e. The van der Waals surface area contributed by atoms with Crippen LogP contribution in [-0.2, 0) is 19.1 Å². The molecule has 2 bridgehead atoms. The topological polar surface area (TPSA) is 90.0 Å². The summed E-state index contributed by atoms with van der Waals surface area (Å²) in [5.74, 6) is -1.31. The molecule has 4 rings (SSSR count). The summed E-state index contributed by atoms with van der Waals surface area (Å²) in [7, 11) is 1.53. The van der Waals surface area contributed by atoms with Gasteiger partial charge in [0.1, 0.15) is 11.8 Å². The molecule has 7 nitrogen and oxygen atoms in total. The van der Waals surface area contributed by atoms with Gasteiger partial charge in [-0.2, -0.15) is 0 Å². The maximum atomic E-state index is 13.1. The first-order valence-corrected chi connectivity index (χ1v) is 10.5. The molecule has 1 aromatic carbocycles. The minimum Gasteiger partial charge on any atom is -0.497 e. The van der Waals surface area contributed by atoms with Crippen LogP contribution in [0.5, 0.6) is 5.75 Å². The number of amides is 2. The van der Waals surface area contributed by atoms with Crippen molar-refractivity contribution in [2.24, 2.45) is 29.6 Å². The van der Waals surface area contributed by atoms with Gasteiger partial charge < -0.3 is 9.47 Å². The fraction of sp³-hybridized carbons (Fsp3) is 0.565. The highest BCUT2D eigenvalue weighted by molar-refractivity contribution is 6.09. The third-order valence-corrected chi connectivity index (χ3v) is 6.87. The van der Waals surface area contributed by atoms with Gasteiger partial charge in [-0.1, -0.05) is 13.8 Å². The molecule has 0 N–H and O–H groups in total. The minimum absolute atomic E-state index is 0.241. The number of nitrogens with zero attached hydrogens (tertiary/aromatic N) is 1. The number of ether oxygens (including phenoxy) is 2. The minimum atomic E-state index is -1.00. The largest absolute Gasteiger partial charge is 0.497 e. The van der Waals surface area contributed by atoms with Crippen molar-refractivity contribution in [2.75, 3.05) is 13.7 Å². The lowest BCUT2D eigenvalue weighted by molar-refractivity contribution is -0.160. The van der Waals surface area contributed by atoms with Crippen molar-refractivity contribution in [1.29, 1.82) is 0 Å². The average Bonchev–Trinajstić information content (AvgIpc) is 3.42. The molecule has 1 saturated heterocycles. The second-order valence-corrected chi connectivity index (χ2v) is 8.88. The molecule has 2 amide bonds. The molecule has 0 radical (unpaired) electrons. The number of carbonyl (C=O) groups is 4. The summed E-state index contributed by atoms with van der Waals surface area (Å²) >= 11 is 0. The van der Waals surface area contributed by atoms with Gasteiger partial charge in [0.05, 0.1) is 18.9 Å². The Kier molecular flexibility index (Phi) is 5.38. The van der Waals surface area contributed by atoms with E-state index in [0.29, 0.717) is 11.3 Å². The quantitative estimate of drug-likeness (QED) is 0.388. The Bertz CT molecular complexity index is 848. The van der Waals surface area contributed by atoms with Crippen LogP contribution >= 0.6 is 0 Å². The van der Waals surface area contributed by atoms with E-state index in [1.165, 1.54) is 7.11 Å². The van der Waals surface area contributed by atoms with Crippen LogP contribution in [0.15, 0.2) is 24.3 Å². The summed E-state index contributed by atoms with van der Waals surface area (Å²) in [5.41, 5.74) is 0.393. The van der Waals surface area contributed by atoms with E-state index in [0.717, 1.165) is 24.2 Å². The monoisotopic (exact) mass is 413 g/mol. The number of esters is 1. The van der Waals surface area contributed by atoms with E-state index < -0.39 is 18.6 Å². The number of methoxy groups -OCH3 is 1. The number of likely N-dealkylation sites (tertiary alicyclic amines) is 1. The van der Waals surface area contributed by atoms with Gasteiger partial charge in [0.25, 0.3) is 0 Å². The molecule has 2 saturated carbocycles. The van der Waals surface area contributed by atoms with Crippen molar-refractivity contribution in [3.8, 4) is 5.75 Å². The molecule has 5 atom stereocenters. The number of hydrogen-bond acceptors (Lipinski definition) is 6. The SMILES string of the molecule is COc1ccc(C(=O)COC(=O)[C@H](C(C)C)N2C(=O)[C@@H]3[C@H]4CC[C@@H](C4)[C@H]3C2=O)cc1. The number of Topliss-reactive ketones (excluding diaryl/α,β-unsaturated/α-hetero) is 1. The zero-order valence-corrected chi connectivity index (χ0v) is 17.5. The van der Waals surface area contributed by atoms with E-state index in [4.69, 9.17) is 9.47 Å². The Morgan fingerprint density at radius 1 is 1.03 bits per heavy atom. The highest BCUT2D eigenvalue weighted by Crippen LogP contribution is 2.56. The third-order valence-electron chi connectivity index (χ3n) is 6.87. The Hall–Kier alpha value is -2.70. The van der Waals surface area contributed by atoms with Crippen LogP contribution < -0.4 is 4.74 Å². The van der Waals surface area contributed by atoms with Gasteiger partial charge >= 0.3 is 5.97 Å². The van der Waals surface area contributed by atoms with Crippen molar-refractivity contribution in [3.63, 3.8) is 0 Å². The van der Waals surface area contributed by atoms with Gasteiger partial charge in [-0.3, -0.25) is 19.3 Å². The standard InChI is InChI=1S/C23H27NO6/c1-12(2)20(23(28)30-11-17(25)13-6-8-16(29-3)9-7-13)24-21(26)18-14-4-5-15(10-14)19(18)22(24)27/h6-9,12,14-15,18-20H,4-5,10-11H2,1-3H3/t14-,15-,18+,19+,20-/m0/s1. The van der Waals surface area contributed by atoms with Crippen molar-refractivity contribution < 1.29 is 28.7 Å². The van der Waals surface area contributed by atoms with Crippen molar-refractivity contribution in [1.82, 2.24) is 4.90 Å². The summed E-state index contributed by atoms with van der Waals surface area (Å²) in [6.45, 7) is 3.11. The lowest BCUT2D eigenvalue weighted by Crippen LogP contribution is -2.50. The normalized spacial score (nSPS) is 28.1. The van der Waals surface area contributed by atoms with Crippen molar-refractivity contribution >= 4 is 23.6 Å². The molecular weight excluding hydrogens is 386 g/mol. The molecular formula is C23H27NO6. The Morgan fingerprint density at radius 3 is 2.10 bits per heavy atom.